The highest BCUT2D eigenvalue weighted by molar-refractivity contribution is 9.10. The zero-order valence-corrected chi connectivity index (χ0v) is 12.2. The van der Waals surface area contributed by atoms with Crippen molar-refractivity contribution in [2.75, 3.05) is 0 Å². The SMILES string of the molecule is Cc1nn(C)c(CC(N)c2ccc(F)cc2F)c1Br. The summed E-state index contributed by atoms with van der Waals surface area (Å²) in [7, 11) is 1.81. The summed E-state index contributed by atoms with van der Waals surface area (Å²) in [6, 6.07) is 2.89. The predicted octanol–water partition coefficient (Wildman–Crippen LogP) is 3.01. The Hall–Kier alpha value is -1.27. The van der Waals surface area contributed by atoms with Crippen LogP contribution in [-0.4, -0.2) is 9.78 Å². The van der Waals surface area contributed by atoms with Gasteiger partial charge in [-0.1, -0.05) is 6.07 Å². The molecule has 0 aliphatic heterocycles. The number of hydrogen-bond donors (Lipinski definition) is 1. The molecule has 1 aromatic heterocycles. The summed E-state index contributed by atoms with van der Waals surface area (Å²) in [6.07, 6.45) is 0.417. The summed E-state index contributed by atoms with van der Waals surface area (Å²) < 4.78 is 29.1. The Labute approximate surface area is 118 Å². The largest absolute Gasteiger partial charge is 0.324 e. The van der Waals surface area contributed by atoms with Crippen LogP contribution in [0.3, 0.4) is 0 Å². The molecule has 0 aliphatic carbocycles. The van der Waals surface area contributed by atoms with Crippen molar-refractivity contribution in [1.82, 2.24) is 9.78 Å². The van der Waals surface area contributed by atoms with Gasteiger partial charge in [-0.15, -0.1) is 0 Å². The number of benzene rings is 1. The molecule has 1 heterocycles. The summed E-state index contributed by atoms with van der Waals surface area (Å²) in [4.78, 5) is 0. The molecule has 0 spiro atoms. The third-order valence-corrected chi connectivity index (χ3v) is 4.07. The molecule has 0 saturated heterocycles. The van der Waals surface area contributed by atoms with Crippen LogP contribution in [0.15, 0.2) is 22.7 Å². The molecule has 2 rings (SSSR count). The van der Waals surface area contributed by atoms with Crippen molar-refractivity contribution in [1.29, 1.82) is 0 Å². The second kappa shape index (κ2) is 5.38. The summed E-state index contributed by atoms with van der Waals surface area (Å²) in [6.45, 7) is 1.87. The second-order valence-electron chi connectivity index (χ2n) is 4.45. The molecule has 0 amide bonds. The Balaban J connectivity index is 2.28. The van der Waals surface area contributed by atoms with Gasteiger partial charge in [0.1, 0.15) is 11.6 Å². The van der Waals surface area contributed by atoms with E-state index in [4.69, 9.17) is 5.73 Å². The first-order chi connectivity index (χ1) is 8.90. The zero-order chi connectivity index (χ0) is 14.2. The standard InChI is InChI=1S/C13H14BrF2N3/c1-7-13(14)12(19(2)18-7)6-11(17)9-4-3-8(15)5-10(9)16/h3-5,11H,6,17H2,1-2H3. The normalized spacial score (nSPS) is 12.7. The lowest BCUT2D eigenvalue weighted by Crippen LogP contribution is -2.17. The average molecular weight is 330 g/mol. The van der Waals surface area contributed by atoms with Crippen LogP contribution in [0.5, 0.6) is 0 Å². The van der Waals surface area contributed by atoms with Crippen LogP contribution in [0.25, 0.3) is 0 Å². The van der Waals surface area contributed by atoms with Gasteiger partial charge >= 0.3 is 0 Å². The number of aromatic nitrogens is 2. The van der Waals surface area contributed by atoms with E-state index in [1.165, 1.54) is 12.1 Å². The van der Waals surface area contributed by atoms with Crippen molar-refractivity contribution < 1.29 is 8.78 Å². The lowest BCUT2D eigenvalue weighted by molar-refractivity contribution is 0.547. The second-order valence-corrected chi connectivity index (χ2v) is 5.24. The van der Waals surface area contributed by atoms with Gasteiger partial charge in [0.25, 0.3) is 0 Å². The van der Waals surface area contributed by atoms with Crippen molar-refractivity contribution in [3.05, 3.63) is 51.3 Å². The molecule has 1 unspecified atom stereocenters. The summed E-state index contributed by atoms with van der Waals surface area (Å²) in [5.74, 6) is -1.23. The van der Waals surface area contributed by atoms with E-state index in [1.54, 1.807) is 11.7 Å². The first kappa shape index (κ1) is 14.1. The van der Waals surface area contributed by atoms with Gasteiger partial charge in [0.2, 0.25) is 0 Å². The van der Waals surface area contributed by atoms with Crippen molar-refractivity contribution in [3.8, 4) is 0 Å². The summed E-state index contributed by atoms with van der Waals surface area (Å²) >= 11 is 3.44. The van der Waals surface area contributed by atoms with Crippen LogP contribution in [-0.2, 0) is 13.5 Å². The number of rotatable bonds is 3. The minimum atomic E-state index is -0.623. The number of halogens is 3. The van der Waals surface area contributed by atoms with Crippen LogP contribution in [0.1, 0.15) is 23.0 Å². The number of nitrogens with two attached hydrogens (primary N) is 1. The van der Waals surface area contributed by atoms with Gasteiger partial charge in [0.15, 0.2) is 0 Å². The van der Waals surface area contributed by atoms with Gasteiger partial charge in [0.05, 0.1) is 15.9 Å². The molecular formula is C13H14BrF2N3. The van der Waals surface area contributed by atoms with Gasteiger partial charge in [-0.25, -0.2) is 8.78 Å². The van der Waals surface area contributed by atoms with Crippen LogP contribution in [0, 0.1) is 18.6 Å². The first-order valence-electron chi connectivity index (χ1n) is 5.78. The van der Waals surface area contributed by atoms with E-state index in [0.29, 0.717) is 12.0 Å². The molecule has 0 aliphatic rings. The molecule has 2 N–H and O–H groups in total. The third kappa shape index (κ3) is 2.84. The van der Waals surface area contributed by atoms with E-state index in [0.717, 1.165) is 21.9 Å². The fourth-order valence-corrected chi connectivity index (χ4v) is 2.52. The number of nitrogens with zero attached hydrogens (tertiary/aromatic N) is 2. The van der Waals surface area contributed by atoms with Gasteiger partial charge in [-0.2, -0.15) is 5.10 Å². The van der Waals surface area contributed by atoms with Crippen molar-refractivity contribution in [3.63, 3.8) is 0 Å². The molecule has 0 fully saturated rings. The van der Waals surface area contributed by atoms with Crippen LogP contribution in [0.2, 0.25) is 0 Å². The molecule has 3 nitrogen and oxygen atoms in total. The molecule has 0 bridgehead atoms. The fraction of sp³-hybridized carbons (Fsp3) is 0.308. The van der Waals surface area contributed by atoms with Crippen molar-refractivity contribution in [2.45, 2.75) is 19.4 Å². The maximum Gasteiger partial charge on any atom is 0.130 e. The summed E-state index contributed by atoms with van der Waals surface area (Å²) in [5.41, 5.74) is 8.03. The summed E-state index contributed by atoms with van der Waals surface area (Å²) in [5, 5.41) is 4.25. The molecule has 6 heteroatoms. The Morgan fingerprint density at radius 1 is 1.42 bits per heavy atom. The van der Waals surface area contributed by atoms with Crippen molar-refractivity contribution in [2.24, 2.45) is 12.8 Å². The molecule has 1 atom stereocenters. The first-order valence-corrected chi connectivity index (χ1v) is 6.58. The molecule has 2 aromatic rings. The molecule has 0 saturated carbocycles. The van der Waals surface area contributed by atoms with Crippen LogP contribution < -0.4 is 5.73 Å². The molecule has 1 aromatic carbocycles. The van der Waals surface area contributed by atoms with Gasteiger partial charge in [0, 0.05) is 31.1 Å². The maximum atomic E-state index is 13.7. The number of hydrogen-bond acceptors (Lipinski definition) is 2. The molecular weight excluding hydrogens is 316 g/mol. The van der Waals surface area contributed by atoms with E-state index in [-0.39, 0.29) is 0 Å². The Morgan fingerprint density at radius 2 is 2.11 bits per heavy atom. The van der Waals surface area contributed by atoms with E-state index in [9.17, 15) is 8.78 Å². The van der Waals surface area contributed by atoms with Crippen LogP contribution >= 0.6 is 15.9 Å². The minimum absolute atomic E-state index is 0.298. The van der Waals surface area contributed by atoms with Gasteiger partial charge in [-0.05, 0) is 28.9 Å². The lowest BCUT2D eigenvalue weighted by atomic mass is 10.0. The molecule has 0 radical (unpaired) electrons. The zero-order valence-electron chi connectivity index (χ0n) is 10.6. The topological polar surface area (TPSA) is 43.8 Å². The monoisotopic (exact) mass is 329 g/mol. The number of aryl methyl sites for hydroxylation is 2. The highest BCUT2D eigenvalue weighted by Crippen LogP contribution is 2.26. The minimum Gasteiger partial charge on any atom is -0.324 e. The van der Waals surface area contributed by atoms with E-state index in [1.807, 2.05) is 6.92 Å². The van der Waals surface area contributed by atoms with Crippen molar-refractivity contribution >= 4 is 15.9 Å². The lowest BCUT2D eigenvalue weighted by Gasteiger charge is -2.13. The maximum absolute atomic E-state index is 13.7. The average Bonchev–Trinajstić information content (AvgIpc) is 2.56. The highest BCUT2D eigenvalue weighted by Gasteiger charge is 2.18. The Bertz CT molecular complexity index is 610. The Morgan fingerprint density at radius 3 is 2.63 bits per heavy atom. The fourth-order valence-electron chi connectivity index (χ4n) is 2.02. The smallest absolute Gasteiger partial charge is 0.130 e. The predicted molar refractivity (Wildman–Crippen MR) is 72.6 cm³/mol. The van der Waals surface area contributed by atoms with E-state index >= 15 is 0 Å². The quantitative estimate of drug-likeness (QED) is 0.940. The van der Waals surface area contributed by atoms with Crippen LogP contribution in [0.4, 0.5) is 8.78 Å². The Kier molecular flexibility index (Phi) is 4.01. The third-order valence-electron chi connectivity index (χ3n) is 3.04. The van der Waals surface area contributed by atoms with Gasteiger partial charge < -0.3 is 5.73 Å². The highest BCUT2D eigenvalue weighted by atomic mass is 79.9. The molecule has 19 heavy (non-hydrogen) atoms. The molecule has 102 valence electrons. The van der Waals surface area contributed by atoms with E-state index < -0.39 is 17.7 Å². The van der Waals surface area contributed by atoms with E-state index in [2.05, 4.69) is 21.0 Å². The van der Waals surface area contributed by atoms with Gasteiger partial charge in [-0.3, -0.25) is 4.68 Å².